The number of halogens is 1. The van der Waals surface area contributed by atoms with E-state index in [0.717, 1.165) is 38.8 Å². The second kappa shape index (κ2) is 6.48. The van der Waals surface area contributed by atoms with Gasteiger partial charge in [0.25, 0.3) is 0 Å². The van der Waals surface area contributed by atoms with Gasteiger partial charge in [-0.25, -0.2) is 0 Å². The molecule has 3 nitrogen and oxygen atoms in total. The lowest BCUT2D eigenvalue weighted by molar-refractivity contribution is -0.127. The predicted octanol–water partition coefficient (Wildman–Crippen LogP) is 1.78. The van der Waals surface area contributed by atoms with E-state index in [1.807, 2.05) is 4.90 Å². The molecule has 88 valence electrons. The molecule has 1 amide bonds. The number of rotatable bonds is 6. The van der Waals surface area contributed by atoms with Crippen molar-refractivity contribution in [2.24, 2.45) is 5.92 Å². The predicted molar refractivity (Wildman–Crippen MR) is 64.0 cm³/mol. The number of alkyl halides is 1. The number of amides is 1. The minimum atomic E-state index is 0.0221. The van der Waals surface area contributed by atoms with Crippen LogP contribution in [0.4, 0.5) is 0 Å². The maximum absolute atomic E-state index is 11.7. The Bertz CT molecular complexity index is 205. The van der Waals surface area contributed by atoms with E-state index >= 15 is 0 Å². The summed E-state index contributed by atoms with van der Waals surface area (Å²) >= 11 is 3.37. The van der Waals surface area contributed by atoms with Crippen LogP contribution in [0.25, 0.3) is 0 Å². The zero-order valence-corrected chi connectivity index (χ0v) is 10.9. The molecule has 0 bridgehead atoms. The van der Waals surface area contributed by atoms with E-state index in [4.69, 9.17) is 5.11 Å². The number of aliphatic hydroxyl groups is 1. The van der Waals surface area contributed by atoms with E-state index in [9.17, 15) is 4.79 Å². The zero-order valence-electron chi connectivity index (χ0n) is 9.29. The van der Waals surface area contributed by atoms with Gasteiger partial charge in [0.05, 0.1) is 4.83 Å². The van der Waals surface area contributed by atoms with E-state index < -0.39 is 0 Å². The van der Waals surface area contributed by atoms with Gasteiger partial charge < -0.3 is 10.0 Å². The number of hydrogen-bond acceptors (Lipinski definition) is 2. The van der Waals surface area contributed by atoms with Crippen LogP contribution in [0.2, 0.25) is 0 Å². The summed E-state index contributed by atoms with van der Waals surface area (Å²) in [6.07, 6.45) is 3.93. The van der Waals surface area contributed by atoms with Crippen molar-refractivity contribution in [2.45, 2.75) is 37.4 Å². The molecule has 1 fully saturated rings. The molecule has 0 aromatic heterocycles. The smallest absolute Gasteiger partial charge is 0.236 e. The molecule has 1 aliphatic rings. The van der Waals surface area contributed by atoms with Gasteiger partial charge in [0.1, 0.15) is 0 Å². The topological polar surface area (TPSA) is 40.5 Å². The maximum Gasteiger partial charge on any atom is 0.236 e. The van der Waals surface area contributed by atoms with Crippen molar-refractivity contribution in [3.8, 4) is 0 Å². The molecule has 0 radical (unpaired) electrons. The summed E-state index contributed by atoms with van der Waals surface area (Å²) in [6.45, 7) is 4.05. The van der Waals surface area contributed by atoms with Gasteiger partial charge in [-0.1, -0.05) is 29.3 Å². The molecule has 0 aromatic carbocycles. The van der Waals surface area contributed by atoms with E-state index in [-0.39, 0.29) is 17.3 Å². The van der Waals surface area contributed by atoms with Crippen molar-refractivity contribution in [1.82, 2.24) is 4.90 Å². The first-order valence-electron chi connectivity index (χ1n) is 5.72. The molecule has 1 saturated heterocycles. The molecule has 0 saturated carbocycles. The molecule has 15 heavy (non-hydrogen) atoms. The van der Waals surface area contributed by atoms with Crippen LogP contribution >= 0.6 is 15.9 Å². The molecular weight excluding hydrogens is 258 g/mol. The molecule has 1 aliphatic heterocycles. The Morgan fingerprint density at radius 3 is 2.80 bits per heavy atom. The average molecular weight is 278 g/mol. The molecule has 1 heterocycles. The fourth-order valence-corrected chi connectivity index (χ4v) is 2.61. The van der Waals surface area contributed by atoms with Gasteiger partial charge in [0.2, 0.25) is 5.91 Å². The highest BCUT2D eigenvalue weighted by molar-refractivity contribution is 9.10. The van der Waals surface area contributed by atoms with Crippen molar-refractivity contribution in [1.29, 1.82) is 0 Å². The van der Waals surface area contributed by atoms with Crippen LogP contribution in [-0.2, 0) is 4.79 Å². The molecule has 0 spiro atoms. The molecule has 2 atom stereocenters. The summed E-state index contributed by atoms with van der Waals surface area (Å²) in [5.74, 6) is 0.677. The van der Waals surface area contributed by atoms with Crippen molar-refractivity contribution < 1.29 is 9.90 Å². The Hall–Kier alpha value is -0.0900. The summed E-state index contributed by atoms with van der Waals surface area (Å²) in [4.78, 5) is 13.6. The number of carbonyl (C=O) groups is 1. The third-order valence-electron chi connectivity index (χ3n) is 2.94. The van der Waals surface area contributed by atoms with Crippen LogP contribution in [0.3, 0.4) is 0 Å². The molecule has 0 aromatic rings. The zero-order chi connectivity index (χ0) is 11.3. The van der Waals surface area contributed by atoms with E-state index in [2.05, 4.69) is 22.9 Å². The minimum absolute atomic E-state index is 0.0221. The van der Waals surface area contributed by atoms with Gasteiger partial charge in [-0.05, 0) is 25.2 Å². The summed E-state index contributed by atoms with van der Waals surface area (Å²) in [6, 6.07) is 0. The molecule has 1 rings (SSSR count). The normalized spacial score (nSPS) is 23.5. The lowest BCUT2D eigenvalue weighted by Crippen LogP contribution is -2.32. The standard InChI is InChI=1S/C11H20BrNO2/c1-2-3-9(5-7-14)8-13-6-4-10(12)11(13)15/h9-10,14H,2-8H2,1H3. The maximum atomic E-state index is 11.7. The van der Waals surface area contributed by atoms with Crippen molar-refractivity contribution in [3.05, 3.63) is 0 Å². The number of hydrogen-bond donors (Lipinski definition) is 1. The van der Waals surface area contributed by atoms with Crippen LogP contribution in [0, 0.1) is 5.92 Å². The Morgan fingerprint density at radius 2 is 2.33 bits per heavy atom. The number of carbonyl (C=O) groups excluding carboxylic acids is 1. The third kappa shape index (κ3) is 3.76. The van der Waals surface area contributed by atoms with Crippen LogP contribution in [0.15, 0.2) is 0 Å². The Morgan fingerprint density at radius 1 is 1.60 bits per heavy atom. The number of likely N-dealkylation sites (tertiary alicyclic amines) is 1. The van der Waals surface area contributed by atoms with E-state index in [1.54, 1.807) is 0 Å². The lowest BCUT2D eigenvalue weighted by Gasteiger charge is -2.23. The minimum Gasteiger partial charge on any atom is -0.396 e. The average Bonchev–Trinajstić information content (AvgIpc) is 2.51. The first-order chi connectivity index (χ1) is 7.19. The van der Waals surface area contributed by atoms with Crippen LogP contribution in [0.1, 0.15) is 32.6 Å². The summed E-state index contributed by atoms with van der Waals surface area (Å²) < 4.78 is 0. The van der Waals surface area contributed by atoms with Gasteiger partial charge in [0.15, 0.2) is 0 Å². The quantitative estimate of drug-likeness (QED) is 0.752. The van der Waals surface area contributed by atoms with Crippen molar-refractivity contribution >= 4 is 21.8 Å². The van der Waals surface area contributed by atoms with Crippen molar-refractivity contribution in [2.75, 3.05) is 19.7 Å². The van der Waals surface area contributed by atoms with Crippen LogP contribution in [-0.4, -0.2) is 40.4 Å². The lowest BCUT2D eigenvalue weighted by atomic mass is 10.00. The largest absolute Gasteiger partial charge is 0.396 e. The van der Waals surface area contributed by atoms with Gasteiger partial charge in [0, 0.05) is 19.7 Å². The highest BCUT2D eigenvalue weighted by Crippen LogP contribution is 2.21. The number of aliphatic hydroxyl groups excluding tert-OH is 1. The van der Waals surface area contributed by atoms with Gasteiger partial charge >= 0.3 is 0 Å². The second-order valence-corrected chi connectivity index (χ2v) is 5.31. The Kier molecular flexibility index (Phi) is 5.61. The molecule has 0 aliphatic carbocycles. The second-order valence-electron chi connectivity index (χ2n) is 4.21. The Balaban J connectivity index is 2.40. The monoisotopic (exact) mass is 277 g/mol. The van der Waals surface area contributed by atoms with Crippen LogP contribution in [0.5, 0.6) is 0 Å². The summed E-state index contributed by atoms with van der Waals surface area (Å²) in [5, 5.41) is 8.94. The van der Waals surface area contributed by atoms with E-state index in [1.165, 1.54) is 0 Å². The first kappa shape index (κ1) is 13.0. The van der Waals surface area contributed by atoms with Gasteiger partial charge in [-0.3, -0.25) is 4.79 Å². The van der Waals surface area contributed by atoms with Gasteiger partial charge in [-0.15, -0.1) is 0 Å². The third-order valence-corrected chi connectivity index (χ3v) is 3.79. The molecular formula is C11H20BrNO2. The first-order valence-corrected chi connectivity index (χ1v) is 6.64. The fraction of sp³-hybridized carbons (Fsp3) is 0.909. The summed E-state index contributed by atoms with van der Waals surface area (Å²) in [5.41, 5.74) is 0. The SMILES string of the molecule is CCCC(CCO)CN1CCC(Br)C1=O. The van der Waals surface area contributed by atoms with Gasteiger partial charge in [-0.2, -0.15) is 0 Å². The molecule has 4 heteroatoms. The summed E-state index contributed by atoms with van der Waals surface area (Å²) in [7, 11) is 0. The highest BCUT2D eigenvalue weighted by Gasteiger charge is 2.30. The fourth-order valence-electron chi connectivity index (χ4n) is 2.11. The Labute approximate surface area is 100.0 Å². The van der Waals surface area contributed by atoms with Crippen LogP contribution < -0.4 is 0 Å². The molecule has 2 unspecified atom stereocenters. The van der Waals surface area contributed by atoms with E-state index in [0.29, 0.717) is 5.92 Å². The number of nitrogens with zero attached hydrogens (tertiary/aromatic N) is 1. The van der Waals surface area contributed by atoms with Crippen molar-refractivity contribution in [3.63, 3.8) is 0 Å². The highest BCUT2D eigenvalue weighted by atomic mass is 79.9. The molecule has 1 N–H and O–H groups in total.